The molecule has 0 bridgehead atoms. The van der Waals surface area contributed by atoms with Crippen LogP contribution in [0.2, 0.25) is 0 Å². The van der Waals surface area contributed by atoms with Crippen molar-refractivity contribution in [1.82, 2.24) is 16.2 Å². The van der Waals surface area contributed by atoms with Crippen LogP contribution in [-0.4, -0.2) is 17.8 Å². The fraction of sp³-hybridized carbons (Fsp3) is 0.353. The lowest BCUT2D eigenvalue weighted by atomic mass is 9.93. The third-order valence-electron chi connectivity index (χ3n) is 4.19. The molecule has 116 valence electrons. The van der Waals surface area contributed by atoms with Crippen molar-refractivity contribution in [1.29, 1.82) is 0 Å². The van der Waals surface area contributed by atoms with E-state index in [4.69, 9.17) is 11.6 Å². The van der Waals surface area contributed by atoms with E-state index in [1.165, 1.54) is 0 Å². The van der Waals surface area contributed by atoms with Gasteiger partial charge in [0.05, 0.1) is 6.04 Å². The van der Waals surface area contributed by atoms with Gasteiger partial charge < -0.3 is 10.7 Å². The molecule has 1 aromatic rings. The fourth-order valence-electron chi connectivity index (χ4n) is 2.97. The first-order valence-corrected chi connectivity index (χ1v) is 8.12. The van der Waals surface area contributed by atoms with Gasteiger partial charge in [-0.15, -0.1) is 11.6 Å². The number of rotatable bonds is 4. The molecule has 1 aromatic carbocycles. The number of fused-ring (bicyclic) bond motifs is 1. The van der Waals surface area contributed by atoms with E-state index < -0.39 is 0 Å². The quantitative estimate of drug-likeness (QED) is 0.748. The molecule has 1 amide bonds. The zero-order valence-corrected chi connectivity index (χ0v) is 13.0. The summed E-state index contributed by atoms with van der Waals surface area (Å²) in [6, 6.07) is 9.38. The first-order valence-electron chi connectivity index (χ1n) is 7.59. The van der Waals surface area contributed by atoms with Gasteiger partial charge in [0.1, 0.15) is 6.04 Å². The van der Waals surface area contributed by atoms with Gasteiger partial charge in [-0.05, 0) is 24.5 Å². The number of hydrogen-bond acceptors (Lipinski definition) is 3. The molecular formula is C17H20ClN3O. The number of nitrogens with one attached hydrogen (secondary N) is 3. The Balaban J connectivity index is 1.69. The van der Waals surface area contributed by atoms with Gasteiger partial charge >= 0.3 is 0 Å². The van der Waals surface area contributed by atoms with Crippen LogP contribution in [-0.2, 0) is 4.79 Å². The van der Waals surface area contributed by atoms with E-state index in [0.717, 1.165) is 24.1 Å². The van der Waals surface area contributed by atoms with Crippen molar-refractivity contribution < 1.29 is 4.79 Å². The molecule has 1 fully saturated rings. The number of benzene rings is 1. The van der Waals surface area contributed by atoms with Crippen LogP contribution in [0.4, 0.5) is 0 Å². The lowest BCUT2D eigenvalue weighted by molar-refractivity contribution is -0.124. The van der Waals surface area contributed by atoms with Crippen LogP contribution in [0.1, 0.15) is 24.4 Å². The zero-order chi connectivity index (χ0) is 15.4. The van der Waals surface area contributed by atoms with Gasteiger partial charge in [0.25, 0.3) is 0 Å². The molecule has 0 saturated carbocycles. The highest BCUT2D eigenvalue weighted by Gasteiger charge is 2.36. The van der Waals surface area contributed by atoms with Gasteiger partial charge in [-0.2, -0.15) is 0 Å². The van der Waals surface area contributed by atoms with Crippen molar-refractivity contribution in [2.24, 2.45) is 5.92 Å². The second-order valence-corrected chi connectivity index (χ2v) is 5.92. The summed E-state index contributed by atoms with van der Waals surface area (Å²) >= 11 is 6.04. The predicted molar refractivity (Wildman–Crippen MR) is 88.1 cm³/mol. The molecule has 2 aliphatic rings. The molecule has 1 heterocycles. The van der Waals surface area contributed by atoms with E-state index in [1.54, 1.807) is 0 Å². The molecule has 3 rings (SSSR count). The van der Waals surface area contributed by atoms with E-state index in [1.807, 2.05) is 42.5 Å². The first kappa shape index (κ1) is 15.1. The van der Waals surface area contributed by atoms with Crippen LogP contribution in [0, 0.1) is 5.92 Å². The smallest absolute Gasteiger partial charge is 0.240 e. The molecule has 1 aliphatic heterocycles. The molecule has 0 spiro atoms. The Morgan fingerprint density at radius 3 is 2.95 bits per heavy atom. The van der Waals surface area contributed by atoms with Gasteiger partial charge in [0.2, 0.25) is 5.91 Å². The maximum absolute atomic E-state index is 12.6. The van der Waals surface area contributed by atoms with Crippen LogP contribution in [0.15, 0.2) is 54.3 Å². The summed E-state index contributed by atoms with van der Waals surface area (Å²) in [6.45, 7) is 0. The Morgan fingerprint density at radius 1 is 1.36 bits per heavy atom. The number of hydrazine groups is 1. The van der Waals surface area contributed by atoms with E-state index >= 15 is 0 Å². The SMILES string of the molecule is O=C(N[C@H](CCl)c1ccccc1)C1NNC2=CC=CCCC21. The molecule has 0 aromatic heterocycles. The number of alkyl halides is 1. The Hall–Kier alpha value is -1.78. The molecule has 3 atom stereocenters. The van der Waals surface area contributed by atoms with Crippen LogP contribution in [0.3, 0.4) is 0 Å². The molecule has 1 saturated heterocycles. The standard InChI is InChI=1S/C17H20ClN3O/c18-11-15(12-7-3-1-4-8-12)19-17(22)16-13-9-5-2-6-10-14(13)20-21-16/h1-4,6-8,10,13,15-16,20-21H,5,9,11H2,(H,19,22)/t13?,15-,16?/m1/s1. The minimum absolute atomic E-state index is 0.0164. The van der Waals surface area contributed by atoms with Crippen molar-refractivity contribution in [3.05, 3.63) is 59.8 Å². The topological polar surface area (TPSA) is 53.2 Å². The molecule has 5 heteroatoms. The van der Waals surface area contributed by atoms with Crippen molar-refractivity contribution in [2.45, 2.75) is 24.9 Å². The monoisotopic (exact) mass is 317 g/mol. The van der Waals surface area contributed by atoms with Gasteiger partial charge in [0.15, 0.2) is 0 Å². The van der Waals surface area contributed by atoms with E-state index in [-0.39, 0.29) is 23.9 Å². The number of carbonyl (C=O) groups excluding carboxylic acids is 1. The van der Waals surface area contributed by atoms with Crippen molar-refractivity contribution in [2.75, 3.05) is 5.88 Å². The highest BCUT2D eigenvalue weighted by atomic mass is 35.5. The van der Waals surface area contributed by atoms with Crippen molar-refractivity contribution >= 4 is 17.5 Å². The number of carbonyl (C=O) groups is 1. The fourth-order valence-corrected chi connectivity index (χ4v) is 3.23. The largest absolute Gasteiger partial charge is 0.347 e. The van der Waals surface area contributed by atoms with E-state index in [9.17, 15) is 4.79 Å². The molecular weight excluding hydrogens is 298 g/mol. The van der Waals surface area contributed by atoms with Gasteiger partial charge in [-0.1, -0.05) is 42.5 Å². The summed E-state index contributed by atoms with van der Waals surface area (Å²) < 4.78 is 0. The number of hydrogen-bond donors (Lipinski definition) is 3. The summed E-state index contributed by atoms with van der Waals surface area (Å²) in [5, 5.41) is 3.06. The number of allylic oxidation sites excluding steroid dienone is 3. The Labute approximate surface area is 135 Å². The molecule has 2 unspecified atom stereocenters. The van der Waals surface area contributed by atoms with E-state index in [2.05, 4.69) is 22.2 Å². The Morgan fingerprint density at radius 2 is 2.18 bits per heavy atom. The maximum atomic E-state index is 12.6. The zero-order valence-electron chi connectivity index (χ0n) is 12.3. The normalized spacial score (nSPS) is 24.7. The lowest BCUT2D eigenvalue weighted by Gasteiger charge is -2.22. The van der Waals surface area contributed by atoms with Gasteiger partial charge in [0, 0.05) is 17.5 Å². The highest BCUT2D eigenvalue weighted by molar-refractivity contribution is 6.18. The summed E-state index contributed by atoms with van der Waals surface area (Å²) in [7, 11) is 0. The first-order chi connectivity index (χ1) is 10.8. The molecule has 4 nitrogen and oxygen atoms in total. The second-order valence-electron chi connectivity index (χ2n) is 5.61. The summed E-state index contributed by atoms with van der Waals surface area (Å²) in [5.74, 6) is 0.518. The second kappa shape index (κ2) is 6.99. The third kappa shape index (κ3) is 3.18. The van der Waals surface area contributed by atoms with Gasteiger partial charge in [-0.3, -0.25) is 4.79 Å². The third-order valence-corrected chi connectivity index (χ3v) is 4.49. The van der Waals surface area contributed by atoms with Crippen LogP contribution >= 0.6 is 11.6 Å². The minimum atomic E-state index is -0.263. The number of halogens is 1. The predicted octanol–water partition coefficient (Wildman–Crippen LogP) is 2.41. The average Bonchev–Trinajstić information content (AvgIpc) is 2.82. The molecule has 1 aliphatic carbocycles. The average molecular weight is 318 g/mol. The molecule has 3 N–H and O–H groups in total. The highest BCUT2D eigenvalue weighted by Crippen LogP contribution is 2.27. The van der Waals surface area contributed by atoms with Crippen LogP contribution in [0.25, 0.3) is 0 Å². The molecule has 0 radical (unpaired) electrons. The molecule has 22 heavy (non-hydrogen) atoms. The van der Waals surface area contributed by atoms with Gasteiger partial charge in [-0.25, -0.2) is 5.43 Å². The van der Waals surface area contributed by atoms with Crippen molar-refractivity contribution in [3.63, 3.8) is 0 Å². The number of amides is 1. The van der Waals surface area contributed by atoms with Crippen LogP contribution < -0.4 is 16.2 Å². The summed E-state index contributed by atoms with van der Waals surface area (Å²) in [6.07, 6.45) is 8.14. The minimum Gasteiger partial charge on any atom is -0.347 e. The van der Waals surface area contributed by atoms with Crippen molar-refractivity contribution in [3.8, 4) is 0 Å². The van der Waals surface area contributed by atoms with Crippen LogP contribution in [0.5, 0.6) is 0 Å². The lowest BCUT2D eigenvalue weighted by Crippen LogP contribution is -2.47. The summed E-state index contributed by atoms with van der Waals surface area (Å²) in [4.78, 5) is 12.6. The van der Waals surface area contributed by atoms with E-state index in [0.29, 0.717) is 5.88 Å². The Bertz CT molecular complexity index is 585. The Kier molecular flexibility index (Phi) is 4.80. The maximum Gasteiger partial charge on any atom is 0.240 e. The summed E-state index contributed by atoms with van der Waals surface area (Å²) in [5.41, 5.74) is 8.33.